The molecule has 1 amide bonds. The van der Waals surface area contributed by atoms with Crippen molar-refractivity contribution in [3.8, 4) is 0 Å². The normalized spacial score (nSPS) is 17.9. The monoisotopic (exact) mass is 345 g/mol. The number of aromatic amines is 2. The van der Waals surface area contributed by atoms with E-state index in [9.17, 15) is 14.4 Å². The number of imidazole rings is 1. The fourth-order valence-corrected chi connectivity index (χ4v) is 3.36. The maximum absolute atomic E-state index is 12.6. The highest BCUT2D eigenvalue weighted by atomic mass is 16.2. The Bertz CT molecular complexity index is 863. The molecule has 0 unspecified atom stereocenters. The number of H-pyrrole nitrogens is 2. The van der Waals surface area contributed by atoms with Crippen molar-refractivity contribution in [1.29, 1.82) is 0 Å². The molecule has 25 heavy (non-hydrogen) atoms. The van der Waals surface area contributed by atoms with Crippen LogP contribution in [0.5, 0.6) is 0 Å². The zero-order valence-electron chi connectivity index (χ0n) is 14.5. The Morgan fingerprint density at radius 3 is 2.92 bits per heavy atom. The second kappa shape index (κ2) is 7.08. The largest absolute Gasteiger partial charge is 0.342 e. The maximum atomic E-state index is 12.6. The van der Waals surface area contributed by atoms with Crippen LogP contribution in [0.1, 0.15) is 50.0 Å². The lowest BCUT2D eigenvalue weighted by Crippen LogP contribution is -2.41. The van der Waals surface area contributed by atoms with Crippen molar-refractivity contribution >= 4 is 5.91 Å². The van der Waals surface area contributed by atoms with Gasteiger partial charge in [0.1, 0.15) is 5.82 Å². The van der Waals surface area contributed by atoms with Crippen molar-refractivity contribution in [2.75, 3.05) is 13.1 Å². The van der Waals surface area contributed by atoms with Gasteiger partial charge in [0, 0.05) is 49.1 Å². The minimum Gasteiger partial charge on any atom is -0.342 e. The van der Waals surface area contributed by atoms with Crippen LogP contribution in [0.15, 0.2) is 28.0 Å². The fraction of sp³-hybridized carbons (Fsp3) is 0.529. The van der Waals surface area contributed by atoms with Gasteiger partial charge in [-0.25, -0.2) is 4.98 Å². The smallest absolute Gasteiger partial charge is 0.266 e. The van der Waals surface area contributed by atoms with Crippen molar-refractivity contribution < 1.29 is 4.79 Å². The first-order valence-corrected chi connectivity index (χ1v) is 8.57. The van der Waals surface area contributed by atoms with Crippen LogP contribution in [0.3, 0.4) is 0 Å². The highest BCUT2D eigenvalue weighted by Crippen LogP contribution is 2.27. The average molecular weight is 345 g/mol. The Balaban J connectivity index is 1.73. The molecule has 1 atom stereocenters. The van der Waals surface area contributed by atoms with Gasteiger partial charge in [0.25, 0.3) is 11.1 Å². The van der Waals surface area contributed by atoms with Crippen LogP contribution in [0.25, 0.3) is 0 Å². The second-order valence-corrected chi connectivity index (χ2v) is 6.76. The number of likely N-dealkylation sites (tertiary alicyclic amines) is 1. The molecular formula is C17H23N5O3. The average Bonchev–Trinajstić information content (AvgIpc) is 3.08. The van der Waals surface area contributed by atoms with Gasteiger partial charge in [-0.2, -0.15) is 0 Å². The number of aromatic nitrogens is 4. The molecule has 0 aliphatic carbocycles. The number of nitrogens with zero attached hydrogens (tertiary/aromatic N) is 3. The van der Waals surface area contributed by atoms with Gasteiger partial charge >= 0.3 is 0 Å². The SMILES string of the molecule is CC(C)n1ccnc1[C@H]1CCCN(C(=O)Cc2cc(=O)[nH][nH]c2=O)C1. The van der Waals surface area contributed by atoms with E-state index in [1.165, 1.54) is 6.07 Å². The number of piperidine rings is 1. The van der Waals surface area contributed by atoms with E-state index in [1.54, 1.807) is 11.1 Å². The number of amides is 1. The predicted molar refractivity (Wildman–Crippen MR) is 92.6 cm³/mol. The first-order chi connectivity index (χ1) is 12.0. The molecule has 0 aromatic carbocycles. The minimum atomic E-state index is -0.433. The number of nitrogens with one attached hydrogen (secondary N) is 2. The lowest BCUT2D eigenvalue weighted by atomic mass is 9.96. The molecule has 8 heteroatoms. The van der Waals surface area contributed by atoms with Crippen LogP contribution in [-0.2, 0) is 11.2 Å². The summed E-state index contributed by atoms with van der Waals surface area (Å²) in [7, 11) is 0. The van der Waals surface area contributed by atoms with E-state index in [1.807, 2.05) is 6.20 Å². The summed E-state index contributed by atoms with van der Waals surface area (Å²) in [5, 5.41) is 4.46. The summed E-state index contributed by atoms with van der Waals surface area (Å²) >= 11 is 0. The van der Waals surface area contributed by atoms with Gasteiger partial charge in [0.05, 0.1) is 6.42 Å². The topological polar surface area (TPSA) is 104 Å². The quantitative estimate of drug-likeness (QED) is 0.855. The molecule has 3 rings (SSSR count). The maximum Gasteiger partial charge on any atom is 0.266 e. The zero-order valence-corrected chi connectivity index (χ0v) is 14.5. The van der Waals surface area contributed by atoms with Gasteiger partial charge < -0.3 is 9.47 Å². The third kappa shape index (κ3) is 3.72. The van der Waals surface area contributed by atoms with Crippen LogP contribution in [-0.4, -0.2) is 43.6 Å². The summed E-state index contributed by atoms with van der Waals surface area (Å²) in [5.74, 6) is 1.05. The number of rotatable bonds is 4. The van der Waals surface area contributed by atoms with Gasteiger partial charge in [0.15, 0.2) is 0 Å². The summed E-state index contributed by atoms with van der Waals surface area (Å²) in [6, 6.07) is 1.50. The summed E-state index contributed by atoms with van der Waals surface area (Å²) in [5.41, 5.74) is -0.658. The number of hydrogen-bond acceptors (Lipinski definition) is 4. The summed E-state index contributed by atoms with van der Waals surface area (Å²) in [6.07, 6.45) is 5.58. The van der Waals surface area contributed by atoms with Gasteiger partial charge in [-0.1, -0.05) is 0 Å². The Hall–Kier alpha value is -2.64. The van der Waals surface area contributed by atoms with Crippen molar-refractivity contribution in [2.45, 2.75) is 45.1 Å². The van der Waals surface area contributed by atoms with Gasteiger partial charge in [-0.3, -0.25) is 24.6 Å². The Morgan fingerprint density at radius 1 is 1.36 bits per heavy atom. The molecule has 2 aromatic heterocycles. The third-order valence-electron chi connectivity index (χ3n) is 4.63. The molecule has 1 saturated heterocycles. The highest BCUT2D eigenvalue weighted by Gasteiger charge is 2.28. The first kappa shape index (κ1) is 17.2. The van der Waals surface area contributed by atoms with Crippen LogP contribution in [0.4, 0.5) is 0 Å². The second-order valence-electron chi connectivity index (χ2n) is 6.76. The number of hydrogen-bond donors (Lipinski definition) is 2. The molecule has 2 aromatic rings. The molecule has 1 aliphatic rings. The number of carbonyl (C=O) groups is 1. The van der Waals surface area contributed by atoms with E-state index >= 15 is 0 Å². The molecular weight excluding hydrogens is 322 g/mol. The van der Waals surface area contributed by atoms with Crippen molar-refractivity contribution in [3.05, 3.63) is 50.6 Å². The molecule has 0 radical (unpaired) electrons. The first-order valence-electron chi connectivity index (χ1n) is 8.57. The van der Waals surface area contributed by atoms with Crippen molar-refractivity contribution in [3.63, 3.8) is 0 Å². The molecule has 2 N–H and O–H groups in total. The Kier molecular flexibility index (Phi) is 4.87. The molecule has 8 nitrogen and oxygen atoms in total. The van der Waals surface area contributed by atoms with E-state index in [0.29, 0.717) is 19.1 Å². The number of carbonyl (C=O) groups excluding carboxylic acids is 1. The Labute approximate surface area is 144 Å². The lowest BCUT2D eigenvalue weighted by Gasteiger charge is -2.33. The van der Waals surface area contributed by atoms with E-state index in [2.05, 4.69) is 33.6 Å². The fourth-order valence-electron chi connectivity index (χ4n) is 3.36. The molecule has 1 aliphatic heterocycles. The molecule has 134 valence electrons. The zero-order chi connectivity index (χ0) is 18.0. The standard InChI is InChI=1S/C17H23N5O3/c1-11(2)22-7-5-18-16(22)12-4-3-6-21(10-12)15(24)9-13-8-14(23)19-20-17(13)25/h5,7-8,11-12H,3-4,6,9-10H2,1-2H3,(H,19,23)(H,20,25)/t12-/m0/s1. The van der Waals surface area contributed by atoms with E-state index in [-0.39, 0.29) is 23.8 Å². The molecule has 0 saturated carbocycles. The van der Waals surface area contributed by atoms with Gasteiger partial charge in [-0.15, -0.1) is 0 Å². The van der Waals surface area contributed by atoms with Crippen molar-refractivity contribution in [1.82, 2.24) is 24.6 Å². The molecule has 3 heterocycles. The third-order valence-corrected chi connectivity index (χ3v) is 4.63. The van der Waals surface area contributed by atoms with Crippen LogP contribution in [0.2, 0.25) is 0 Å². The van der Waals surface area contributed by atoms with Gasteiger partial charge in [0.2, 0.25) is 5.91 Å². The van der Waals surface area contributed by atoms with E-state index in [4.69, 9.17) is 0 Å². The Morgan fingerprint density at radius 2 is 2.16 bits per heavy atom. The lowest BCUT2D eigenvalue weighted by molar-refractivity contribution is -0.131. The van der Waals surface area contributed by atoms with Crippen molar-refractivity contribution in [2.24, 2.45) is 0 Å². The highest BCUT2D eigenvalue weighted by molar-refractivity contribution is 5.78. The predicted octanol–water partition coefficient (Wildman–Crippen LogP) is 0.789. The van der Waals surface area contributed by atoms with Crippen LogP contribution < -0.4 is 11.1 Å². The van der Waals surface area contributed by atoms with Gasteiger partial charge in [-0.05, 0) is 26.7 Å². The summed E-state index contributed by atoms with van der Waals surface area (Å²) in [6.45, 7) is 5.47. The van der Waals surface area contributed by atoms with Crippen LogP contribution >= 0.6 is 0 Å². The van der Waals surface area contributed by atoms with Crippen LogP contribution in [0, 0.1) is 0 Å². The summed E-state index contributed by atoms with van der Waals surface area (Å²) in [4.78, 5) is 42.0. The van der Waals surface area contributed by atoms with E-state index < -0.39 is 11.1 Å². The molecule has 0 spiro atoms. The minimum absolute atomic E-state index is 0.0649. The molecule has 0 bridgehead atoms. The summed E-state index contributed by atoms with van der Waals surface area (Å²) < 4.78 is 2.14. The molecule has 1 fully saturated rings. The van der Waals surface area contributed by atoms with E-state index in [0.717, 1.165) is 18.7 Å².